The maximum atomic E-state index is 12.4. The highest BCUT2D eigenvalue weighted by Gasteiger charge is 2.19. The smallest absolute Gasteiger partial charge is 0.263 e. The number of hydrogen-bond donors (Lipinski definition) is 2. The summed E-state index contributed by atoms with van der Waals surface area (Å²) in [4.78, 5) is 11.0. The lowest BCUT2D eigenvalue weighted by molar-refractivity contribution is -0.114. The molecular formula is C15H14Cl2N2O3S. The van der Waals surface area contributed by atoms with Gasteiger partial charge in [-0.05, 0) is 48.9 Å². The second kappa shape index (κ2) is 6.78. The predicted octanol–water partition coefficient (Wildman–Crippen LogP) is 4.06. The zero-order valence-electron chi connectivity index (χ0n) is 12.4. The summed E-state index contributed by atoms with van der Waals surface area (Å²) in [6, 6.07) is 8.99. The first-order valence-electron chi connectivity index (χ1n) is 6.55. The summed E-state index contributed by atoms with van der Waals surface area (Å²) in [5, 5.41) is 3.00. The molecule has 0 aliphatic carbocycles. The highest BCUT2D eigenvalue weighted by molar-refractivity contribution is 7.92. The van der Waals surface area contributed by atoms with Gasteiger partial charge in [-0.25, -0.2) is 8.42 Å². The topological polar surface area (TPSA) is 75.3 Å². The van der Waals surface area contributed by atoms with Crippen LogP contribution in [-0.4, -0.2) is 14.3 Å². The molecule has 0 spiro atoms. The van der Waals surface area contributed by atoms with Crippen molar-refractivity contribution in [3.8, 4) is 0 Å². The van der Waals surface area contributed by atoms with Crippen LogP contribution in [0.1, 0.15) is 12.5 Å². The number of amides is 1. The van der Waals surface area contributed by atoms with Gasteiger partial charge < -0.3 is 5.32 Å². The van der Waals surface area contributed by atoms with Gasteiger partial charge in [-0.15, -0.1) is 0 Å². The van der Waals surface area contributed by atoms with Crippen molar-refractivity contribution < 1.29 is 13.2 Å². The van der Waals surface area contributed by atoms with E-state index >= 15 is 0 Å². The van der Waals surface area contributed by atoms with Crippen molar-refractivity contribution >= 4 is 50.5 Å². The number of nitrogens with one attached hydrogen (secondary N) is 2. The largest absolute Gasteiger partial charge is 0.326 e. The molecule has 0 radical (unpaired) electrons. The van der Waals surface area contributed by atoms with Crippen LogP contribution in [0.25, 0.3) is 0 Å². The highest BCUT2D eigenvalue weighted by Crippen LogP contribution is 2.28. The monoisotopic (exact) mass is 372 g/mol. The lowest BCUT2D eigenvalue weighted by Gasteiger charge is -2.12. The second-order valence-corrected chi connectivity index (χ2v) is 7.39. The van der Waals surface area contributed by atoms with Gasteiger partial charge in [-0.2, -0.15) is 0 Å². The normalized spacial score (nSPS) is 11.1. The van der Waals surface area contributed by atoms with Crippen molar-refractivity contribution in [3.05, 3.63) is 52.0 Å². The molecule has 122 valence electrons. The van der Waals surface area contributed by atoms with Gasteiger partial charge in [0.2, 0.25) is 5.91 Å². The second-order valence-electron chi connectivity index (χ2n) is 4.89. The fourth-order valence-corrected chi connectivity index (χ4v) is 3.76. The Kier molecular flexibility index (Phi) is 5.19. The van der Waals surface area contributed by atoms with E-state index in [9.17, 15) is 13.2 Å². The number of carbonyl (C=O) groups is 1. The molecule has 2 aromatic rings. The fraction of sp³-hybridized carbons (Fsp3) is 0.133. The van der Waals surface area contributed by atoms with E-state index in [1.165, 1.54) is 25.1 Å². The SMILES string of the molecule is CC(=O)Nc1ccc(NS(=O)(=O)c2cc(Cl)ccc2Cl)cc1C. The molecule has 2 N–H and O–H groups in total. The van der Waals surface area contributed by atoms with E-state index in [0.717, 1.165) is 5.56 Å². The van der Waals surface area contributed by atoms with Crippen LogP contribution in [0.4, 0.5) is 11.4 Å². The average Bonchev–Trinajstić information content (AvgIpc) is 2.43. The number of benzene rings is 2. The van der Waals surface area contributed by atoms with Gasteiger partial charge in [0.25, 0.3) is 10.0 Å². The van der Waals surface area contributed by atoms with Crippen LogP contribution in [0.5, 0.6) is 0 Å². The molecule has 23 heavy (non-hydrogen) atoms. The van der Waals surface area contributed by atoms with Crippen LogP contribution in [0.15, 0.2) is 41.3 Å². The Morgan fingerprint density at radius 2 is 1.78 bits per heavy atom. The molecule has 2 rings (SSSR count). The van der Waals surface area contributed by atoms with Gasteiger partial charge in [0, 0.05) is 23.3 Å². The molecule has 0 aliphatic rings. The molecule has 5 nitrogen and oxygen atoms in total. The van der Waals surface area contributed by atoms with Gasteiger partial charge in [-0.1, -0.05) is 23.2 Å². The Balaban J connectivity index is 2.32. The van der Waals surface area contributed by atoms with E-state index in [-0.39, 0.29) is 20.8 Å². The minimum atomic E-state index is -3.87. The molecule has 8 heteroatoms. The maximum Gasteiger partial charge on any atom is 0.263 e. The minimum absolute atomic E-state index is 0.0773. The van der Waals surface area contributed by atoms with Crippen LogP contribution < -0.4 is 10.0 Å². The number of rotatable bonds is 4. The van der Waals surface area contributed by atoms with Crippen LogP contribution in [0.3, 0.4) is 0 Å². The maximum absolute atomic E-state index is 12.4. The molecule has 0 atom stereocenters. The van der Waals surface area contributed by atoms with E-state index in [1.54, 1.807) is 25.1 Å². The summed E-state index contributed by atoms with van der Waals surface area (Å²) < 4.78 is 27.3. The lowest BCUT2D eigenvalue weighted by Crippen LogP contribution is -2.14. The summed E-state index contributed by atoms with van der Waals surface area (Å²) in [5.74, 6) is -0.202. The van der Waals surface area contributed by atoms with E-state index in [4.69, 9.17) is 23.2 Å². The minimum Gasteiger partial charge on any atom is -0.326 e. The zero-order valence-corrected chi connectivity index (χ0v) is 14.7. The van der Waals surface area contributed by atoms with E-state index < -0.39 is 10.0 Å². The molecule has 0 bridgehead atoms. The van der Waals surface area contributed by atoms with Crippen LogP contribution in [0, 0.1) is 6.92 Å². The molecule has 1 amide bonds. The van der Waals surface area contributed by atoms with E-state index in [2.05, 4.69) is 10.0 Å². The standard InChI is InChI=1S/C15H14Cl2N2O3S/c1-9-7-12(4-6-14(9)18-10(2)20)19-23(21,22)15-8-11(16)3-5-13(15)17/h3-8,19H,1-2H3,(H,18,20). The Hall–Kier alpha value is -1.76. The molecule has 0 fully saturated rings. The third-order valence-corrected chi connectivity index (χ3v) is 5.07. The molecular weight excluding hydrogens is 359 g/mol. The summed E-state index contributed by atoms with van der Waals surface area (Å²) in [5.41, 5.74) is 1.69. The van der Waals surface area contributed by atoms with E-state index in [1.807, 2.05) is 0 Å². The van der Waals surface area contributed by atoms with Crippen LogP contribution >= 0.6 is 23.2 Å². The third kappa shape index (κ3) is 4.37. The number of hydrogen-bond acceptors (Lipinski definition) is 3. The van der Waals surface area contributed by atoms with Crippen molar-refractivity contribution in [2.45, 2.75) is 18.7 Å². The van der Waals surface area contributed by atoms with Gasteiger partial charge in [-0.3, -0.25) is 9.52 Å². The quantitative estimate of drug-likeness (QED) is 0.849. The summed E-state index contributed by atoms with van der Waals surface area (Å²) in [6.07, 6.45) is 0. The van der Waals surface area contributed by atoms with Crippen LogP contribution in [0.2, 0.25) is 10.0 Å². The number of anilines is 2. The Morgan fingerprint density at radius 3 is 2.39 bits per heavy atom. The van der Waals surface area contributed by atoms with Gasteiger partial charge >= 0.3 is 0 Å². The van der Waals surface area contributed by atoms with Crippen molar-refractivity contribution in [2.24, 2.45) is 0 Å². The molecule has 0 unspecified atom stereocenters. The number of aryl methyl sites for hydroxylation is 1. The molecule has 0 aliphatic heterocycles. The molecule has 0 aromatic heterocycles. The Morgan fingerprint density at radius 1 is 1.09 bits per heavy atom. The van der Waals surface area contributed by atoms with Gasteiger partial charge in [0.15, 0.2) is 0 Å². The van der Waals surface area contributed by atoms with Gasteiger partial charge in [0.1, 0.15) is 4.90 Å². The summed E-state index contributed by atoms with van der Waals surface area (Å²) >= 11 is 11.8. The third-order valence-electron chi connectivity index (χ3n) is 2.97. The Bertz CT molecular complexity index is 867. The van der Waals surface area contributed by atoms with Gasteiger partial charge in [0.05, 0.1) is 5.02 Å². The number of halogens is 2. The molecule has 2 aromatic carbocycles. The zero-order chi connectivity index (χ0) is 17.2. The van der Waals surface area contributed by atoms with Crippen molar-refractivity contribution in [2.75, 3.05) is 10.0 Å². The van der Waals surface area contributed by atoms with Crippen LogP contribution in [-0.2, 0) is 14.8 Å². The highest BCUT2D eigenvalue weighted by atomic mass is 35.5. The average molecular weight is 373 g/mol. The molecule has 0 heterocycles. The molecule has 0 saturated heterocycles. The first-order valence-corrected chi connectivity index (χ1v) is 8.79. The molecule has 0 saturated carbocycles. The summed E-state index contributed by atoms with van der Waals surface area (Å²) in [7, 11) is -3.87. The lowest BCUT2D eigenvalue weighted by atomic mass is 10.2. The number of sulfonamides is 1. The van der Waals surface area contributed by atoms with Crippen molar-refractivity contribution in [3.63, 3.8) is 0 Å². The number of carbonyl (C=O) groups excluding carboxylic acids is 1. The van der Waals surface area contributed by atoms with Crippen molar-refractivity contribution in [1.29, 1.82) is 0 Å². The predicted molar refractivity (Wildman–Crippen MR) is 92.8 cm³/mol. The summed E-state index contributed by atoms with van der Waals surface area (Å²) in [6.45, 7) is 3.16. The first kappa shape index (κ1) is 17.6. The van der Waals surface area contributed by atoms with E-state index in [0.29, 0.717) is 11.4 Å². The first-order chi connectivity index (χ1) is 10.7. The fourth-order valence-electron chi connectivity index (χ4n) is 1.95. The Labute approximate surface area is 144 Å². The van der Waals surface area contributed by atoms with Crippen molar-refractivity contribution in [1.82, 2.24) is 0 Å².